The number of tetrazole rings is 1. The van der Waals surface area contributed by atoms with E-state index in [1.165, 1.54) is 7.11 Å². The van der Waals surface area contributed by atoms with Gasteiger partial charge in [0.25, 0.3) is 0 Å². The Kier molecular flexibility index (Phi) is 3.17. The van der Waals surface area contributed by atoms with E-state index in [2.05, 4.69) is 20.8 Å². The van der Waals surface area contributed by atoms with Gasteiger partial charge in [0.15, 0.2) is 0 Å². The van der Waals surface area contributed by atoms with Crippen molar-refractivity contribution in [3.05, 3.63) is 46.7 Å². The third-order valence-electron chi connectivity index (χ3n) is 3.51. The molecule has 1 aromatic carbocycles. The van der Waals surface area contributed by atoms with Crippen molar-refractivity contribution in [1.29, 1.82) is 0 Å². The molecule has 7 heteroatoms. The maximum Gasteiger partial charge on any atom is 0.338 e. The number of benzene rings is 1. The van der Waals surface area contributed by atoms with Crippen LogP contribution < -0.4 is 5.32 Å². The predicted molar refractivity (Wildman–Crippen MR) is 75.5 cm³/mol. The summed E-state index contributed by atoms with van der Waals surface area (Å²) in [6, 6.07) is 7.52. The van der Waals surface area contributed by atoms with Gasteiger partial charge in [-0.2, -0.15) is 4.68 Å². The minimum Gasteiger partial charge on any atom is -0.466 e. The first-order chi connectivity index (χ1) is 10.1. The van der Waals surface area contributed by atoms with Crippen molar-refractivity contribution < 1.29 is 9.53 Å². The lowest BCUT2D eigenvalue weighted by Gasteiger charge is -2.27. The number of methoxy groups -OCH3 is 1. The zero-order valence-corrected chi connectivity index (χ0v) is 12.0. The number of rotatable bonds is 2. The molecule has 1 atom stereocenters. The number of anilines is 1. The van der Waals surface area contributed by atoms with Crippen molar-refractivity contribution in [1.82, 2.24) is 20.2 Å². The molecule has 0 spiro atoms. The van der Waals surface area contributed by atoms with Gasteiger partial charge in [-0.1, -0.05) is 34.9 Å². The van der Waals surface area contributed by atoms with Crippen molar-refractivity contribution >= 4 is 11.9 Å². The molecule has 0 saturated heterocycles. The van der Waals surface area contributed by atoms with E-state index in [-0.39, 0.29) is 0 Å². The van der Waals surface area contributed by atoms with Crippen molar-refractivity contribution in [2.75, 3.05) is 12.4 Å². The standard InChI is InChI=1S/C14H15N5O2/c1-8-4-6-10(7-5-8)12-11(13(20)21-3)9(2)15-14-16-17-18-19(12)14/h4-7,12H,1-3H3,(H,15,16,18)/t12-/m0/s1. The van der Waals surface area contributed by atoms with E-state index < -0.39 is 12.0 Å². The quantitative estimate of drug-likeness (QED) is 0.841. The highest BCUT2D eigenvalue weighted by atomic mass is 16.5. The third-order valence-corrected chi connectivity index (χ3v) is 3.51. The topological polar surface area (TPSA) is 81.9 Å². The van der Waals surface area contributed by atoms with Gasteiger partial charge in [0.05, 0.1) is 12.7 Å². The molecular formula is C14H15N5O2. The van der Waals surface area contributed by atoms with Crippen LogP contribution >= 0.6 is 0 Å². The fourth-order valence-electron chi connectivity index (χ4n) is 2.44. The summed E-state index contributed by atoms with van der Waals surface area (Å²) in [6.45, 7) is 3.82. The Hall–Kier alpha value is -2.70. The van der Waals surface area contributed by atoms with Gasteiger partial charge in [0.1, 0.15) is 6.04 Å². The van der Waals surface area contributed by atoms with Crippen LogP contribution in [0.1, 0.15) is 24.1 Å². The molecule has 2 heterocycles. The Balaban J connectivity index is 2.17. The number of nitrogens with one attached hydrogen (secondary N) is 1. The number of allylic oxidation sites excluding steroid dienone is 1. The second-order valence-electron chi connectivity index (χ2n) is 4.92. The summed E-state index contributed by atoms with van der Waals surface area (Å²) in [5.41, 5.74) is 3.26. The van der Waals surface area contributed by atoms with Gasteiger partial charge in [-0.3, -0.25) is 0 Å². The first-order valence-electron chi connectivity index (χ1n) is 6.52. The van der Waals surface area contributed by atoms with Crippen LogP contribution in [0.5, 0.6) is 0 Å². The molecule has 0 unspecified atom stereocenters. The second kappa shape index (κ2) is 5.01. The van der Waals surface area contributed by atoms with Gasteiger partial charge in [-0.05, 0) is 29.8 Å². The van der Waals surface area contributed by atoms with Crippen LogP contribution in [0.15, 0.2) is 35.5 Å². The first-order valence-corrected chi connectivity index (χ1v) is 6.52. The summed E-state index contributed by atoms with van der Waals surface area (Å²) in [7, 11) is 1.37. The summed E-state index contributed by atoms with van der Waals surface area (Å²) < 4.78 is 6.50. The number of hydrogen-bond acceptors (Lipinski definition) is 6. The van der Waals surface area contributed by atoms with E-state index in [9.17, 15) is 4.79 Å². The highest BCUT2D eigenvalue weighted by Crippen LogP contribution is 2.34. The van der Waals surface area contributed by atoms with Crippen molar-refractivity contribution in [2.24, 2.45) is 0 Å². The van der Waals surface area contributed by atoms with Crippen LogP contribution in [0, 0.1) is 6.92 Å². The van der Waals surface area contributed by atoms with Gasteiger partial charge in [0, 0.05) is 5.70 Å². The fraction of sp³-hybridized carbons (Fsp3) is 0.286. The van der Waals surface area contributed by atoms with Gasteiger partial charge < -0.3 is 10.1 Å². The van der Waals surface area contributed by atoms with E-state index in [0.29, 0.717) is 17.2 Å². The smallest absolute Gasteiger partial charge is 0.338 e. The average molecular weight is 285 g/mol. The molecule has 0 fully saturated rings. The van der Waals surface area contributed by atoms with E-state index in [1.54, 1.807) is 4.68 Å². The van der Waals surface area contributed by atoms with Crippen molar-refractivity contribution in [2.45, 2.75) is 19.9 Å². The Morgan fingerprint density at radius 2 is 2.00 bits per heavy atom. The Bertz CT molecular complexity index is 717. The number of aryl methyl sites for hydroxylation is 1. The van der Waals surface area contributed by atoms with Crippen LogP contribution in [0.4, 0.5) is 5.95 Å². The Morgan fingerprint density at radius 1 is 1.29 bits per heavy atom. The lowest BCUT2D eigenvalue weighted by Crippen LogP contribution is -2.29. The van der Waals surface area contributed by atoms with Crippen LogP contribution in [-0.2, 0) is 9.53 Å². The zero-order chi connectivity index (χ0) is 15.0. The van der Waals surface area contributed by atoms with E-state index in [4.69, 9.17) is 4.74 Å². The minimum absolute atomic E-state index is 0.397. The summed E-state index contributed by atoms with van der Waals surface area (Å²) in [6.07, 6.45) is 0. The van der Waals surface area contributed by atoms with Crippen molar-refractivity contribution in [3.8, 4) is 0 Å². The maximum absolute atomic E-state index is 12.2. The summed E-state index contributed by atoms with van der Waals surface area (Å²) >= 11 is 0. The highest BCUT2D eigenvalue weighted by molar-refractivity contribution is 5.92. The van der Waals surface area contributed by atoms with E-state index >= 15 is 0 Å². The molecule has 0 amide bonds. The summed E-state index contributed by atoms with van der Waals surface area (Å²) in [4.78, 5) is 12.2. The molecular weight excluding hydrogens is 270 g/mol. The number of nitrogens with zero attached hydrogens (tertiary/aromatic N) is 4. The number of fused-ring (bicyclic) bond motifs is 1. The Labute approximate surface area is 121 Å². The van der Waals surface area contributed by atoms with Crippen LogP contribution in [0.25, 0.3) is 0 Å². The largest absolute Gasteiger partial charge is 0.466 e. The number of aromatic nitrogens is 4. The second-order valence-corrected chi connectivity index (χ2v) is 4.92. The van der Waals surface area contributed by atoms with Gasteiger partial charge in [0.2, 0.25) is 5.95 Å². The molecule has 108 valence electrons. The molecule has 1 N–H and O–H groups in total. The van der Waals surface area contributed by atoms with Gasteiger partial charge in [-0.15, -0.1) is 0 Å². The number of hydrogen-bond donors (Lipinski definition) is 1. The molecule has 2 aromatic rings. The molecule has 0 aliphatic carbocycles. The van der Waals surface area contributed by atoms with Crippen LogP contribution in [0.3, 0.4) is 0 Å². The number of esters is 1. The van der Waals surface area contributed by atoms with Crippen molar-refractivity contribution in [3.63, 3.8) is 0 Å². The van der Waals surface area contributed by atoms with E-state index in [1.807, 2.05) is 38.1 Å². The molecule has 0 radical (unpaired) electrons. The average Bonchev–Trinajstić information content (AvgIpc) is 2.94. The van der Waals surface area contributed by atoms with Crippen LogP contribution in [0.2, 0.25) is 0 Å². The molecule has 1 aliphatic heterocycles. The number of ether oxygens (including phenoxy) is 1. The number of carbonyl (C=O) groups is 1. The summed E-state index contributed by atoms with van der Waals surface area (Å²) in [5.74, 6) is 0.109. The molecule has 1 aliphatic rings. The maximum atomic E-state index is 12.2. The fourth-order valence-corrected chi connectivity index (χ4v) is 2.44. The lowest BCUT2D eigenvalue weighted by molar-refractivity contribution is -0.136. The van der Waals surface area contributed by atoms with Crippen LogP contribution in [-0.4, -0.2) is 33.3 Å². The molecule has 0 saturated carbocycles. The predicted octanol–water partition coefficient (Wildman–Crippen LogP) is 1.44. The molecule has 7 nitrogen and oxygen atoms in total. The lowest BCUT2D eigenvalue weighted by atomic mass is 9.95. The third kappa shape index (κ3) is 2.16. The monoisotopic (exact) mass is 285 g/mol. The van der Waals surface area contributed by atoms with Gasteiger partial charge in [-0.25, -0.2) is 4.79 Å². The van der Waals surface area contributed by atoms with E-state index in [0.717, 1.165) is 11.1 Å². The highest BCUT2D eigenvalue weighted by Gasteiger charge is 2.34. The molecule has 0 bridgehead atoms. The SMILES string of the molecule is COC(=O)C1=C(C)Nc2nnnn2[C@H]1c1ccc(C)cc1. The molecule has 1 aromatic heterocycles. The first kappa shape index (κ1) is 13.3. The zero-order valence-electron chi connectivity index (χ0n) is 12.0. The summed E-state index contributed by atoms with van der Waals surface area (Å²) in [5, 5.41) is 14.6. The molecule has 3 rings (SSSR count). The number of carbonyl (C=O) groups excluding carboxylic acids is 1. The normalized spacial score (nSPS) is 17.2. The Morgan fingerprint density at radius 3 is 2.67 bits per heavy atom. The van der Waals surface area contributed by atoms with Gasteiger partial charge >= 0.3 is 5.97 Å². The molecule has 21 heavy (non-hydrogen) atoms. The minimum atomic E-state index is -0.399.